The molecule has 4 nitrogen and oxygen atoms in total. The average Bonchev–Trinajstić information content (AvgIpc) is 2.32. The third kappa shape index (κ3) is 1.48. The van der Waals surface area contributed by atoms with Crippen LogP contribution in [0.25, 0.3) is 21.7 Å². The van der Waals surface area contributed by atoms with E-state index in [0.717, 1.165) is 0 Å². The van der Waals surface area contributed by atoms with Crippen LogP contribution >= 0.6 is 15.9 Å². The Kier molecular flexibility index (Phi) is 2.31. The Hall–Kier alpha value is -2.01. The zero-order valence-corrected chi connectivity index (χ0v) is 10.6. The summed E-state index contributed by atoms with van der Waals surface area (Å²) in [5, 5.41) is 20.6. The van der Waals surface area contributed by atoms with E-state index in [1.54, 1.807) is 12.1 Å². The van der Waals surface area contributed by atoms with E-state index in [2.05, 4.69) is 15.9 Å². The molecule has 0 aliphatic heterocycles. The van der Waals surface area contributed by atoms with Crippen LogP contribution in [0, 0.1) is 0 Å². The van der Waals surface area contributed by atoms with Gasteiger partial charge in [0.15, 0.2) is 0 Å². The van der Waals surface area contributed by atoms with Crippen molar-refractivity contribution in [2.24, 2.45) is 0 Å². The minimum atomic E-state index is -0.564. The Morgan fingerprint density at radius 1 is 1.06 bits per heavy atom. The second kappa shape index (κ2) is 3.74. The molecule has 0 aliphatic rings. The third-order valence-electron chi connectivity index (χ3n) is 2.78. The molecule has 0 fully saturated rings. The molecular formula is C13H7BrO4. The van der Waals surface area contributed by atoms with E-state index in [4.69, 9.17) is 4.42 Å². The Balaban J connectivity index is 2.64. The number of benzene rings is 2. The van der Waals surface area contributed by atoms with E-state index in [0.29, 0.717) is 20.8 Å². The summed E-state index contributed by atoms with van der Waals surface area (Å²) < 4.78 is 5.44. The van der Waals surface area contributed by atoms with Gasteiger partial charge < -0.3 is 14.6 Å². The van der Waals surface area contributed by atoms with Crippen LogP contribution in [0.3, 0.4) is 0 Å². The highest BCUT2D eigenvalue weighted by Crippen LogP contribution is 2.34. The highest BCUT2D eigenvalue weighted by atomic mass is 79.9. The summed E-state index contributed by atoms with van der Waals surface area (Å²) in [5.41, 5.74) is -0.254. The van der Waals surface area contributed by atoms with Gasteiger partial charge in [-0.15, -0.1) is 0 Å². The molecule has 3 aromatic rings. The summed E-state index contributed by atoms with van der Waals surface area (Å²) in [6, 6.07) is 7.71. The van der Waals surface area contributed by atoms with Crippen molar-refractivity contribution >= 4 is 37.7 Å². The quantitative estimate of drug-likeness (QED) is 0.494. The fourth-order valence-corrected chi connectivity index (χ4v) is 2.47. The SMILES string of the molecule is O=c1oc2cc(O)ccc2c2ccc(O)c(Br)c12. The molecule has 0 saturated carbocycles. The molecule has 0 amide bonds. The van der Waals surface area contributed by atoms with Gasteiger partial charge in [0.2, 0.25) is 0 Å². The number of aromatic hydroxyl groups is 2. The van der Waals surface area contributed by atoms with Gasteiger partial charge in [-0.05, 0) is 40.2 Å². The van der Waals surface area contributed by atoms with Gasteiger partial charge in [-0.25, -0.2) is 4.79 Å². The summed E-state index contributed by atoms with van der Waals surface area (Å²) in [5.74, 6) is 0.00997. The van der Waals surface area contributed by atoms with Crippen LogP contribution in [0.4, 0.5) is 0 Å². The maximum Gasteiger partial charge on any atom is 0.345 e. The Labute approximate surface area is 109 Å². The molecule has 18 heavy (non-hydrogen) atoms. The van der Waals surface area contributed by atoms with Crippen LogP contribution in [0.15, 0.2) is 44.0 Å². The third-order valence-corrected chi connectivity index (χ3v) is 3.59. The molecule has 0 spiro atoms. The van der Waals surface area contributed by atoms with Crippen molar-refractivity contribution in [2.75, 3.05) is 0 Å². The largest absolute Gasteiger partial charge is 0.508 e. The van der Waals surface area contributed by atoms with E-state index >= 15 is 0 Å². The van der Waals surface area contributed by atoms with Crippen molar-refractivity contribution in [3.8, 4) is 11.5 Å². The predicted octanol–water partition coefficient (Wildman–Crippen LogP) is 3.12. The molecule has 5 heteroatoms. The number of halogens is 1. The first-order valence-electron chi connectivity index (χ1n) is 5.15. The van der Waals surface area contributed by atoms with E-state index in [1.165, 1.54) is 18.2 Å². The van der Waals surface area contributed by atoms with E-state index in [1.807, 2.05) is 0 Å². The highest BCUT2D eigenvalue weighted by Gasteiger charge is 2.13. The summed E-state index contributed by atoms with van der Waals surface area (Å²) in [6.07, 6.45) is 0. The maximum atomic E-state index is 11.9. The molecule has 2 aromatic carbocycles. The van der Waals surface area contributed by atoms with Crippen molar-refractivity contribution in [3.63, 3.8) is 0 Å². The minimum Gasteiger partial charge on any atom is -0.508 e. The molecule has 3 rings (SSSR count). The molecule has 1 aromatic heterocycles. The van der Waals surface area contributed by atoms with Crippen molar-refractivity contribution < 1.29 is 14.6 Å². The molecule has 0 bridgehead atoms. The zero-order chi connectivity index (χ0) is 12.9. The molecule has 0 unspecified atom stereocenters. The molecule has 2 N–H and O–H groups in total. The number of rotatable bonds is 0. The zero-order valence-electron chi connectivity index (χ0n) is 8.98. The fourth-order valence-electron chi connectivity index (χ4n) is 1.96. The normalized spacial score (nSPS) is 11.2. The van der Waals surface area contributed by atoms with E-state index < -0.39 is 5.63 Å². The number of fused-ring (bicyclic) bond motifs is 3. The first-order valence-corrected chi connectivity index (χ1v) is 5.94. The lowest BCUT2D eigenvalue weighted by Gasteiger charge is -2.05. The molecule has 0 radical (unpaired) electrons. The number of hydrogen-bond acceptors (Lipinski definition) is 4. The van der Waals surface area contributed by atoms with Crippen molar-refractivity contribution in [3.05, 3.63) is 45.2 Å². The standard InChI is InChI=1S/C13H7BrO4/c14-12-9(16)4-3-8-7-2-1-6(15)5-10(7)18-13(17)11(8)12/h1-5,15-16H. The lowest BCUT2D eigenvalue weighted by molar-refractivity contribution is 0.471. The van der Waals surface area contributed by atoms with Gasteiger partial charge in [0.1, 0.15) is 17.1 Å². The number of phenolic OH excluding ortho intramolecular Hbond substituents is 2. The molecular weight excluding hydrogens is 300 g/mol. The molecule has 0 saturated heterocycles. The lowest BCUT2D eigenvalue weighted by Crippen LogP contribution is -2.00. The minimum absolute atomic E-state index is 0.0204. The predicted molar refractivity (Wildman–Crippen MR) is 71.0 cm³/mol. The van der Waals surface area contributed by atoms with Crippen molar-refractivity contribution in [1.29, 1.82) is 0 Å². The van der Waals surface area contributed by atoms with Crippen molar-refractivity contribution in [2.45, 2.75) is 0 Å². The molecule has 90 valence electrons. The smallest absolute Gasteiger partial charge is 0.345 e. The first kappa shape index (κ1) is 11.1. The Morgan fingerprint density at radius 2 is 1.78 bits per heavy atom. The van der Waals surface area contributed by atoms with Gasteiger partial charge in [-0.2, -0.15) is 0 Å². The molecule has 1 heterocycles. The van der Waals surface area contributed by atoms with Crippen LogP contribution in [0.2, 0.25) is 0 Å². The first-order chi connectivity index (χ1) is 8.58. The van der Waals surface area contributed by atoms with Crippen LogP contribution in [-0.4, -0.2) is 10.2 Å². The van der Waals surface area contributed by atoms with Crippen LogP contribution < -0.4 is 5.63 Å². The van der Waals surface area contributed by atoms with Gasteiger partial charge in [-0.1, -0.05) is 0 Å². The average molecular weight is 307 g/mol. The second-order valence-corrected chi connectivity index (χ2v) is 4.68. The van der Waals surface area contributed by atoms with Crippen LogP contribution in [0.1, 0.15) is 0 Å². The van der Waals surface area contributed by atoms with Gasteiger partial charge in [0.05, 0.1) is 9.86 Å². The van der Waals surface area contributed by atoms with E-state index in [-0.39, 0.29) is 16.9 Å². The lowest BCUT2D eigenvalue weighted by atomic mass is 10.1. The van der Waals surface area contributed by atoms with Crippen LogP contribution in [-0.2, 0) is 0 Å². The molecule has 0 aliphatic carbocycles. The second-order valence-electron chi connectivity index (χ2n) is 3.89. The molecule has 0 atom stereocenters. The summed E-state index contributed by atoms with van der Waals surface area (Å²) in [4.78, 5) is 11.9. The van der Waals surface area contributed by atoms with Crippen LogP contribution in [0.5, 0.6) is 11.5 Å². The van der Waals surface area contributed by atoms with Gasteiger partial charge in [-0.3, -0.25) is 0 Å². The van der Waals surface area contributed by atoms with E-state index in [9.17, 15) is 15.0 Å². The monoisotopic (exact) mass is 306 g/mol. The van der Waals surface area contributed by atoms with Gasteiger partial charge in [0, 0.05) is 16.8 Å². The maximum absolute atomic E-state index is 11.9. The van der Waals surface area contributed by atoms with Gasteiger partial charge >= 0.3 is 5.63 Å². The summed E-state index contributed by atoms with van der Waals surface area (Å²) in [7, 11) is 0. The topological polar surface area (TPSA) is 70.7 Å². The Morgan fingerprint density at radius 3 is 2.56 bits per heavy atom. The summed E-state index contributed by atoms with van der Waals surface area (Å²) >= 11 is 3.17. The highest BCUT2D eigenvalue weighted by molar-refractivity contribution is 9.10. The van der Waals surface area contributed by atoms with Crippen molar-refractivity contribution in [1.82, 2.24) is 0 Å². The Bertz CT molecular complexity index is 836. The number of phenols is 2. The fraction of sp³-hybridized carbons (Fsp3) is 0. The summed E-state index contributed by atoms with van der Waals surface area (Å²) in [6.45, 7) is 0. The number of hydrogen-bond donors (Lipinski definition) is 2. The van der Waals surface area contributed by atoms with Gasteiger partial charge in [0.25, 0.3) is 0 Å².